The number of rotatable bonds is 6. The molecule has 0 aromatic carbocycles. The van der Waals surface area contributed by atoms with Crippen molar-refractivity contribution in [1.29, 1.82) is 0 Å². The quantitative estimate of drug-likeness (QED) is 0.789. The van der Waals surface area contributed by atoms with Crippen LogP contribution < -0.4 is 5.32 Å². The summed E-state index contributed by atoms with van der Waals surface area (Å²) in [7, 11) is 2.19. The van der Waals surface area contributed by atoms with Crippen molar-refractivity contribution in [3.05, 3.63) is 0 Å². The fraction of sp³-hybridized carbons (Fsp3) is 0.933. The molecule has 3 rings (SSSR count). The van der Waals surface area contributed by atoms with Crippen molar-refractivity contribution in [1.82, 2.24) is 15.1 Å². The molecule has 0 aromatic rings. The number of hydrogen-bond donors (Lipinski definition) is 1. The van der Waals surface area contributed by atoms with Gasteiger partial charge in [0.2, 0.25) is 5.91 Å². The Labute approximate surface area is 116 Å². The van der Waals surface area contributed by atoms with Crippen LogP contribution in [-0.4, -0.2) is 53.6 Å². The zero-order chi connectivity index (χ0) is 13.6. The van der Waals surface area contributed by atoms with Gasteiger partial charge in [0, 0.05) is 19.1 Å². The van der Waals surface area contributed by atoms with E-state index in [0.717, 1.165) is 38.4 Å². The molecule has 3 aliphatic rings. The largest absolute Gasteiger partial charge is 0.324 e. The van der Waals surface area contributed by atoms with Crippen molar-refractivity contribution < 1.29 is 4.79 Å². The number of hydrogen-bond acceptors (Lipinski definition) is 3. The maximum Gasteiger partial charge on any atom is 0.244 e. The van der Waals surface area contributed by atoms with Gasteiger partial charge >= 0.3 is 0 Å². The first-order chi connectivity index (χ1) is 9.02. The van der Waals surface area contributed by atoms with Gasteiger partial charge in [-0.15, -0.1) is 0 Å². The van der Waals surface area contributed by atoms with Gasteiger partial charge in [0.15, 0.2) is 0 Å². The topological polar surface area (TPSA) is 35.6 Å². The van der Waals surface area contributed by atoms with E-state index in [0.29, 0.717) is 11.8 Å². The third-order valence-corrected chi connectivity index (χ3v) is 4.80. The molecule has 1 amide bonds. The highest BCUT2D eigenvalue weighted by Crippen LogP contribution is 2.43. The Morgan fingerprint density at radius 1 is 1.42 bits per heavy atom. The lowest BCUT2D eigenvalue weighted by molar-refractivity contribution is -0.131. The molecule has 2 aliphatic carbocycles. The Kier molecular flexibility index (Phi) is 3.34. The molecule has 1 aliphatic heterocycles. The van der Waals surface area contributed by atoms with Gasteiger partial charge in [0.1, 0.15) is 0 Å². The molecule has 4 nitrogen and oxygen atoms in total. The highest BCUT2D eigenvalue weighted by molar-refractivity contribution is 5.91. The second kappa shape index (κ2) is 4.74. The molecule has 2 saturated carbocycles. The maximum atomic E-state index is 12.5. The Hall–Kier alpha value is -0.610. The normalized spacial score (nSPS) is 29.0. The number of carbonyl (C=O) groups is 1. The van der Waals surface area contributed by atoms with Crippen molar-refractivity contribution in [2.24, 2.45) is 5.92 Å². The zero-order valence-corrected chi connectivity index (χ0v) is 12.5. The third-order valence-electron chi connectivity index (χ3n) is 4.80. The number of likely N-dealkylation sites (N-methyl/N-ethyl adjacent to an activating group) is 1. The number of carbonyl (C=O) groups excluding carboxylic acids is 1. The Bertz CT molecular complexity index is 360. The number of nitrogens with one attached hydrogen (secondary N) is 1. The number of nitrogens with zero attached hydrogens (tertiary/aromatic N) is 2. The van der Waals surface area contributed by atoms with E-state index in [1.165, 1.54) is 12.8 Å². The van der Waals surface area contributed by atoms with Gasteiger partial charge in [0.05, 0.1) is 11.7 Å². The van der Waals surface area contributed by atoms with Gasteiger partial charge in [-0.2, -0.15) is 0 Å². The molecule has 0 radical (unpaired) electrons. The lowest BCUT2D eigenvalue weighted by Crippen LogP contribution is -2.42. The Morgan fingerprint density at radius 2 is 2.11 bits per heavy atom. The van der Waals surface area contributed by atoms with Crippen LogP contribution in [0.5, 0.6) is 0 Å². The zero-order valence-electron chi connectivity index (χ0n) is 12.5. The van der Waals surface area contributed by atoms with Gasteiger partial charge in [-0.3, -0.25) is 10.1 Å². The number of amides is 1. The molecule has 4 heteroatoms. The monoisotopic (exact) mass is 265 g/mol. The van der Waals surface area contributed by atoms with E-state index in [2.05, 4.69) is 36.0 Å². The minimum Gasteiger partial charge on any atom is -0.324 e. The fourth-order valence-electron chi connectivity index (χ4n) is 3.21. The van der Waals surface area contributed by atoms with Crippen molar-refractivity contribution in [3.63, 3.8) is 0 Å². The first-order valence-corrected chi connectivity index (χ1v) is 7.81. The Morgan fingerprint density at radius 3 is 2.63 bits per heavy atom. The van der Waals surface area contributed by atoms with E-state index in [9.17, 15) is 4.79 Å². The SMILES string of the molecule is CC(C)CC1NC2(CC2)C(=O)N1CCN(C)C1CC1. The molecule has 3 fully saturated rings. The smallest absolute Gasteiger partial charge is 0.244 e. The second-order valence-corrected chi connectivity index (χ2v) is 7.08. The highest BCUT2D eigenvalue weighted by Gasteiger charge is 2.58. The first-order valence-electron chi connectivity index (χ1n) is 7.81. The average Bonchev–Trinajstić information content (AvgIpc) is 3.21. The summed E-state index contributed by atoms with van der Waals surface area (Å²) in [6.07, 6.45) is 6.08. The average molecular weight is 265 g/mol. The summed E-state index contributed by atoms with van der Waals surface area (Å²) in [5.74, 6) is 0.991. The van der Waals surface area contributed by atoms with Crippen LogP contribution in [-0.2, 0) is 4.79 Å². The molecule has 1 unspecified atom stereocenters. The molecular weight excluding hydrogens is 238 g/mol. The summed E-state index contributed by atoms with van der Waals surface area (Å²) in [5.41, 5.74) is -0.155. The van der Waals surface area contributed by atoms with Crippen LogP contribution in [0.15, 0.2) is 0 Å². The summed E-state index contributed by atoms with van der Waals surface area (Å²) in [6, 6.07) is 0.782. The second-order valence-electron chi connectivity index (χ2n) is 7.08. The van der Waals surface area contributed by atoms with E-state index in [-0.39, 0.29) is 11.7 Å². The predicted octanol–water partition coefficient (Wildman–Crippen LogP) is 1.42. The van der Waals surface area contributed by atoms with Gasteiger partial charge in [-0.25, -0.2) is 0 Å². The highest BCUT2D eigenvalue weighted by atomic mass is 16.2. The van der Waals surface area contributed by atoms with Crippen LogP contribution in [0.2, 0.25) is 0 Å². The third kappa shape index (κ3) is 2.65. The van der Waals surface area contributed by atoms with Crippen LogP contribution in [0.1, 0.15) is 46.0 Å². The molecular formula is C15H27N3O. The molecule has 0 bridgehead atoms. The van der Waals surface area contributed by atoms with Crippen molar-refractivity contribution >= 4 is 5.91 Å². The fourth-order valence-corrected chi connectivity index (χ4v) is 3.21. The molecule has 0 aromatic heterocycles. The van der Waals surface area contributed by atoms with Crippen molar-refractivity contribution in [2.45, 2.75) is 63.7 Å². The minimum absolute atomic E-state index is 0.155. The molecule has 19 heavy (non-hydrogen) atoms. The molecule has 1 saturated heterocycles. The van der Waals surface area contributed by atoms with E-state index >= 15 is 0 Å². The summed E-state index contributed by atoms with van der Waals surface area (Å²) in [6.45, 7) is 6.37. The van der Waals surface area contributed by atoms with E-state index in [1.54, 1.807) is 0 Å². The maximum absolute atomic E-state index is 12.5. The Balaban J connectivity index is 1.60. The summed E-state index contributed by atoms with van der Waals surface area (Å²) < 4.78 is 0. The van der Waals surface area contributed by atoms with E-state index in [4.69, 9.17) is 0 Å². The van der Waals surface area contributed by atoms with Crippen LogP contribution in [0.4, 0.5) is 0 Å². The predicted molar refractivity (Wildman–Crippen MR) is 75.7 cm³/mol. The molecule has 1 heterocycles. The van der Waals surface area contributed by atoms with Crippen LogP contribution >= 0.6 is 0 Å². The van der Waals surface area contributed by atoms with Crippen LogP contribution in [0, 0.1) is 5.92 Å². The van der Waals surface area contributed by atoms with Crippen LogP contribution in [0.25, 0.3) is 0 Å². The summed E-state index contributed by atoms with van der Waals surface area (Å²) in [5, 5.41) is 3.60. The lowest BCUT2D eigenvalue weighted by atomic mass is 10.1. The van der Waals surface area contributed by atoms with E-state index < -0.39 is 0 Å². The van der Waals surface area contributed by atoms with Crippen molar-refractivity contribution in [3.8, 4) is 0 Å². The van der Waals surface area contributed by atoms with Gasteiger partial charge in [-0.1, -0.05) is 13.8 Å². The van der Waals surface area contributed by atoms with Gasteiger partial charge in [-0.05, 0) is 45.1 Å². The molecule has 1 spiro atoms. The van der Waals surface area contributed by atoms with E-state index in [1.807, 2.05) is 0 Å². The van der Waals surface area contributed by atoms with Crippen LogP contribution in [0.3, 0.4) is 0 Å². The van der Waals surface area contributed by atoms with Gasteiger partial charge in [0.25, 0.3) is 0 Å². The molecule has 1 N–H and O–H groups in total. The summed E-state index contributed by atoms with van der Waals surface area (Å²) in [4.78, 5) is 17.1. The minimum atomic E-state index is -0.155. The first kappa shape index (κ1) is 13.4. The van der Waals surface area contributed by atoms with Gasteiger partial charge < -0.3 is 9.80 Å². The molecule has 1 atom stereocenters. The summed E-state index contributed by atoms with van der Waals surface area (Å²) >= 11 is 0. The lowest BCUT2D eigenvalue weighted by Gasteiger charge is -2.27. The molecule has 108 valence electrons. The van der Waals surface area contributed by atoms with Crippen molar-refractivity contribution in [2.75, 3.05) is 20.1 Å². The standard InChI is InChI=1S/C15H27N3O/c1-11(2)10-13-16-15(6-7-15)14(19)18(13)9-8-17(3)12-4-5-12/h11-13,16H,4-10H2,1-3H3.